The van der Waals surface area contributed by atoms with E-state index in [4.69, 9.17) is 38.4 Å². The molecule has 2 N–H and O–H groups in total. The van der Waals surface area contributed by atoms with Crippen LogP contribution in [0.5, 0.6) is 5.75 Å². The van der Waals surface area contributed by atoms with E-state index in [1.54, 1.807) is 12.1 Å². The summed E-state index contributed by atoms with van der Waals surface area (Å²) in [6, 6.07) is 3.36. The highest BCUT2D eigenvalue weighted by atomic mass is 79.9. The van der Waals surface area contributed by atoms with E-state index in [9.17, 15) is 0 Å². The molecule has 90 valence electrons. The fourth-order valence-corrected chi connectivity index (χ4v) is 1.86. The molecule has 0 radical (unpaired) electrons. The second kappa shape index (κ2) is 7.35. The Morgan fingerprint density at radius 3 is 2.56 bits per heavy atom. The Balaban J connectivity index is 2.45. The minimum Gasteiger partial charge on any atom is -0.490 e. The number of halogens is 3. The Morgan fingerprint density at radius 1 is 1.12 bits per heavy atom. The Bertz CT molecular complexity index is 350. The van der Waals surface area contributed by atoms with Crippen LogP contribution in [0.25, 0.3) is 0 Å². The van der Waals surface area contributed by atoms with Crippen LogP contribution >= 0.6 is 39.1 Å². The van der Waals surface area contributed by atoms with Gasteiger partial charge in [0.15, 0.2) is 0 Å². The maximum absolute atomic E-state index is 5.97. The van der Waals surface area contributed by atoms with Crippen molar-refractivity contribution in [3.8, 4) is 5.75 Å². The number of hydrogen-bond acceptors (Lipinski definition) is 3. The molecule has 0 bridgehead atoms. The maximum atomic E-state index is 5.97. The van der Waals surface area contributed by atoms with Gasteiger partial charge in [-0.3, -0.25) is 0 Å². The van der Waals surface area contributed by atoms with Crippen molar-refractivity contribution in [2.75, 3.05) is 26.4 Å². The molecule has 0 spiro atoms. The smallest absolute Gasteiger partial charge is 0.139 e. The average molecular weight is 329 g/mol. The monoisotopic (exact) mass is 327 g/mol. The lowest BCUT2D eigenvalue weighted by atomic mass is 10.3. The Labute approximate surface area is 113 Å². The minimum atomic E-state index is 0.414. The van der Waals surface area contributed by atoms with Gasteiger partial charge in [-0.15, -0.1) is 0 Å². The molecule has 1 aromatic carbocycles. The summed E-state index contributed by atoms with van der Waals surface area (Å²) in [5, 5.41) is 1.07. The normalized spacial score (nSPS) is 10.5. The zero-order chi connectivity index (χ0) is 12.0. The first-order chi connectivity index (χ1) is 7.65. The molecule has 0 heterocycles. The van der Waals surface area contributed by atoms with Crippen LogP contribution in [0.2, 0.25) is 10.0 Å². The fraction of sp³-hybridized carbons (Fsp3) is 0.400. The zero-order valence-corrected chi connectivity index (χ0v) is 11.6. The van der Waals surface area contributed by atoms with Crippen LogP contribution in [0, 0.1) is 0 Å². The molecule has 1 rings (SSSR count). The summed E-state index contributed by atoms with van der Waals surface area (Å²) in [7, 11) is 0. The van der Waals surface area contributed by atoms with Crippen molar-refractivity contribution in [2.24, 2.45) is 5.73 Å². The molecule has 0 atom stereocenters. The summed E-state index contributed by atoms with van der Waals surface area (Å²) >= 11 is 15.2. The topological polar surface area (TPSA) is 44.5 Å². The van der Waals surface area contributed by atoms with Gasteiger partial charge in [0.2, 0.25) is 0 Å². The molecule has 0 aromatic heterocycles. The molecule has 0 aliphatic rings. The van der Waals surface area contributed by atoms with Crippen LogP contribution in [0.3, 0.4) is 0 Å². The van der Waals surface area contributed by atoms with Gasteiger partial charge in [0.05, 0.1) is 23.3 Å². The summed E-state index contributed by atoms with van der Waals surface area (Å²) in [6.45, 7) is 1.92. The number of rotatable bonds is 6. The largest absolute Gasteiger partial charge is 0.490 e. The van der Waals surface area contributed by atoms with E-state index in [1.807, 2.05) is 0 Å². The van der Waals surface area contributed by atoms with Gasteiger partial charge >= 0.3 is 0 Å². The third-order valence-corrected chi connectivity index (χ3v) is 3.21. The predicted octanol–water partition coefficient (Wildman–Crippen LogP) is 3.11. The molecule has 6 heteroatoms. The molecule has 16 heavy (non-hydrogen) atoms. The molecule has 0 aliphatic carbocycles. The van der Waals surface area contributed by atoms with Crippen LogP contribution in [-0.4, -0.2) is 26.4 Å². The van der Waals surface area contributed by atoms with Gasteiger partial charge in [0, 0.05) is 17.1 Å². The Kier molecular flexibility index (Phi) is 6.46. The van der Waals surface area contributed by atoms with E-state index in [1.165, 1.54) is 0 Å². The van der Waals surface area contributed by atoms with E-state index in [0.29, 0.717) is 42.2 Å². The SMILES string of the molecule is NCCOCCOc1cc(Cl)c(Br)cc1Cl. The highest BCUT2D eigenvalue weighted by Gasteiger charge is 2.06. The lowest BCUT2D eigenvalue weighted by Gasteiger charge is -2.09. The van der Waals surface area contributed by atoms with E-state index in [2.05, 4.69) is 15.9 Å². The lowest BCUT2D eigenvalue weighted by molar-refractivity contribution is 0.106. The molecule has 1 aromatic rings. The van der Waals surface area contributed by atoms with Crippen molar-refractivity contribution in [1.29, 1.82) is 0 Å². The summed E-state index contributed by atoms with van der Waals surface area (Å²) in [6.07, 6.45) is 0. The first-order valence-corrected chi connectivity index (χ1v) is 6.25. The summed E-state index contributed by atoms with van der Waals surface area (Å²) < 4.78 is 11.3. The van der Waals surface area contributed by atoms with Gasteiger partial charge in [-0.25, -0.2) is 0 Å². The highest BCUT2D eigenvalue weighted by Crippen LogP contribution is 2.33. The van der Waals surface area contributed by atoms with Gasteiger partial charge in [-0.2, -0.15) is 0 Å². The van der Waals surface area contributed by atoms with E-state index in [-0.39, 0.29) is 0 Å². The van der Waals surface area contributed by atoms with E-state index in [0.717, 1.165) is 4.47 Å². The zero-order valence-electron chi connectivity index (χ0n) is 8.51. The van der Waals surface area contributed by atoms with Crippen LogP contribution in [0.4, 0.5) is 0 Å². The van der Waals surface area contributed by atoms with Crippen LogP contribution < -0.4 is 10.5 Å². The molecule has 3 nitrogen and oxygen atoms in total. The third-order valence-electron chi connectivity index (χ3n) is 1.72. The van der Waals surface area contributed by atoms with E-state index >= 15 is 0 Å². The van der Waals surface area contributed by atoms with Gasteiger partial charge in [0.1, 0.15) is 12.4 Å². The predicted molar refractivity (Wildman–Crippen MR) is 69.5 cm³/mol. The summed E-state index contributed by atoms with van der Waals surface area (Å²) in [4.78, 5) is 0. The second-order valence-electron chi connectivity index (χ2n) is 2.95. The number of ether oxygens (including phenoxy) is 2. The standard InChI is InChI=1S/C10H12BrCl2NO2/c11-7-5-9(13)10(6-8(7)12)16-4-3-15-2-1-14/h5-6H,1-4,14H2. The van der Waals surface area contributed by atoms with Crippen LogP contribution in [0.15, 0.2) is 16.6 Å². The lowest BCUT2D eigenvalue weighted by Crippen LogP contribution is -2.13. The summed E-state index contributed by atoms with van der Waals surface area (Å²) in [5.41, 5.74) is 5.27. The highest BCUT2D eigenvalue weighted by molar-refractivity contribution is 9.10. The van der Waals surface area contributed by atoms with Crippen molar-refractivity contribution in [3.63, 3.8) is 0 Å². The molecule has 0 saturated heterocycles. The quantitative estimate of drug-likeness (QED) is 0.644. The van der Waals surface area contributed by atoms with Crippen molar-refractivity contribution in [1.82, 2.24) is 0 Å². The van der Waals surface area contributed by atoms with Crippen molar-refractivity contribution in [3.05, 3.63) is 26.7 Å². The molecular formula is C10H12BrCl2NO2. The molecular weight excluding hydrogens is 317 g/mol. The molecule has 0 saturated carbocycles. The Hall–Kier alpha value is -0.0000000000000000555. The average Bonchev–Trinajstić information content (AvgIpc) is 2.25. The van der Waals surface area contributed by atoms with Gasteiger partial charge in [-0.05, 0) is 22.0 Å². The maximum Gasteiger partial charge on any atom is 0.139 e. The molecule has 0 fully saturated rings. The third kappa shape index (κ3) is 4.47. The van der Waals surface area contributed by atoms with Crippen molar-refractivity contribution < 1.29 is 9.47 Å². The van der Waals surface area contributed by atoms with Crippen molar-refractivity contribution >= 4 is 39.1 Å². The first-order valence-electron chi connectivity index (χ1n) is 4.70. The minimum absolute atomic E-state index is 0.414. The summed E-state index contributed by atoms with van der Waals surface area (Å²) in [5.74, 6) is 0.547. The number of hydrogen-bond donors (Lipinski definition) is 1. The molecule has 0 aliphatic heterocycles. The van der Waals surface area contributed by atoms with Crippen molar-refractivity contribution in [2.45, 2.75) is 0 Å². The second-order valence-corrected chi connectivity index (χ2v) is 4.61. The first kappa shape index (κ1) is 14.1. The van der Waals surface area contributed by atoms with Crippen LogP contribution in [-0.2, 0) is 4.74 Å². The number of benzene rings is 1. The van der Waals surface area contributed by atoms with E-state index < -0.39 is 0 Å². The molecule has 0 amide bonds. The number of nitrogens with two attached hydrogens (primary N) is 1. The van der Waals surface area contributed by atoms with Gasteiger partial charge < -0.3 is 15.2 Å². The Morgan fingerprint density at radius 2 is 1.88 bits per heavy atom. The fourth-order valence-electron chi connectivity index (χ4n) is 1.01. The molecule has 0 unspecified atom stereocenters. The van der Waals surface area contributed by atoms with Gasteiger partial charge in [0.25, 0.3) is 0 Å². The van der Waals surface area contributed by atoms with Gasteiger partial charge in [-0.1, -0.05) is 23.2 Å². The van der Waals surface area contributed by atoms with Crippen LogP contribution in [0.1, 0.15) is 0 Å².